The molecule has 1 heterocycles. The number of hydrogen-bond acceptors (Lipinski definition) is 2. The largest absolute Gasteiger partial charge is 0.294 e. The Morgan fingerprint density at radius 1 is 1.23 bits per heavy atom. The van der Waals surface area contributed by atoms with Crippen molar-refractivity contribution in [3.8, 4) is 0 Å². The van der Waals surface area contributed by atoms with Crippen LogP contribution in [0.5, 0.6) is 0 Å². The van der Waals surface area contributed by atoms with Crippen LogP contribution in [-0.4, -0.2) is 9.55 Å². The van der Waals surface area contributed by atoms with Gasteiger partial charge in [0.15, 0.2) is 0 Å². The monoisotopic (exact) mass is 180 g/mol. The highest BCUT2D eigenvalue weighted by Gasteiger charge is 2.09. The van der Waals surface area contributed by atoms with E-state index in [0.29, 0.717) is 0 Å². The van der Waals surface area contributed by atoms with Crippen LogP contribution in [0, 0.1) is 20.8 Å². The van der Waals surface area contributed by atoms with Crippen LogP contribution in [0.3, 0.4) is 0 Å². The number of nitrogens with zero attached hydrogens (tertiary/aromatic N) is 2. The molecule has 0 unspecified atom stereocenters. The van der Waals surface area contributed by atoms with E-state index in [1.807, 2.05) is 34.6 Å². The van der Waals surface area contributed by atoms with Crippen molar-refractivity contribution in [1.82, 2.24) is 9.55 Å². The van der Waals surface area contributed by atoms with Crippen LogP contribution in [0.1, 0.15) is 37.0 Å². The fourth-order valence-corrected chi connectivity index (χ4v) is 1.47. The molecular formula is C10H16N2O. The van der Waals surface area contributed by atoms with Gasteiger partial charge >= 0.3 is 0 Å². The molecule has 0 aliphatic carbocycles. The Morgan fingerprint density at radius 2 is 1.77 bits per heavy atom. The van der Waals surface area contributed by atoms with Gasteiger partial charge in [0.1, 0.15) is 5.82 Å². The van der Waals surface area contributed by atoms with Crippen molar-refractivity contribution < 1.29 is 0 Å². The SMILES string of the molecule is Cc1nc(C)n(C(C)C)c(=O)c1C. The topological polar surface area (TPSA) is 34.9 Å². The van der Waals surface area contributed by atoms with Crippen molar-refractivity contribution in [3.05, 3.63) is 27.4 Å². The molecule has 0 aromatic carbocycles. The van der Waals surface area contributed by atoms with E-state index in [2.05, 4.69) is 4.98 Å². The molecule has 3 nitrogen and oxygen atoms in total. The minimum atomic E-state index is 0.0833. The summed E-state index contributed by atoms with van der Waals surface area (Å²) in [7, 11) is 0. The standard InChI is InChI=1S/C10H16N2O/c1-6(2)12-9(5)11-8(4)7(3)10(12)13/h6H,1-5H3. The van der Waals surface area contributed by atoms with Gasteiger partial charge in [0, 0.05) is 17.3 Å². The van der Waals surface area contributed by atoms with Gasteiger partial charge in [0.2, 0.25) is 0 Å². The fraction of sp³-hybridized carbons (Fsp3) is 0.600. The van der Waals surface area contributed by atoms with Crippen molar-refractivity contribution >= 4 is 0 Å². The zero-order valence-corrected chi connectivity index (χ0v) is 8.88. The van der Waals surface area contributed by atoms with Crippen molar-refractivity contribution in [1.29, 1.82) is 0 Å². The predicted octanol–water partition coefficient (Wildman–Crippen LogP) is 1.75. The Morgan fingerprint density at radius 3 is 2.23 bits per heavy atom. The molecule has 0 spiro atoms. The molecule has 0 saturated carbocycles. The first-order chi connectivity index (χ1) is 5.95. The molecule has 0 aliphatic heterocycles. The van der Waals surface area contributed by atoms with Crippen LogP contribution >= 0.6 is 0 Å². The van der Waals surface area contributed by atoms with Crippen LogP contribution < -0.4 is 5.56 Å². The summed E-state index contributed by atoms with van der Waals surface area (Å²) in [5.41, 5.74) is 1.67. The first-order valence-electron chi connectivity index (χ1n) is 4.51. The summed E-state index contributed by atoms with van der Waals surface area (Å²) >= 11 is 0. The maximum Gasteiger partial charge on any atom is 0.256 e. The number of rotatable bonds is 1. The zero-order chi connectivity index (χ0) is 10.2. The molecule has 1 aromatic heterocycles. The first-order valence-corrected chi connectivity index (χ1v) is 4.51. The van der Waals surface area contributed by atoms with Gasteiger partial charge in [-0.2, -0.15) is 0 Å². The quantitative estimate of drug-likeness (QED) is 0.660. The first kappa shape index (κ1) is 9.96. The van der Waals surface area contributed by atoms with Gasteiger partial charge in [0.25, 0.3) is 5.56 Å². The van der Waals surface area contributed by atoms with Crippen LogP contribution in [0.4, 0.5) is 0 Å². The lowest BCUT2D eigenvalue weighted by molar-refractivity contribution is 0.543. The summed E-state index contributed by atoms with van der Waals surface area (Å²) in [6, 6.07) is 0.180. The fourth-order valence-electron chi connectivity index (χ4n) is 1.47. The van der Waals surface area contributed by atoms with E-state index in [-0.39, 0.29) is 11.6 Å². The summed E-state index contributed by atoms with van der Waals surface area (Å²) in [6.07, 6.45) is 0. The third-order valence-corrected chi connectivity index (χ3v) is 2.28. The minimum Gasteiger partial charge on any atom is -0.294 e. The molecule has 0 saturated heterocycles. The molecule has 0 fully saturated rings. The summed E-state index contributed by atoms with van der Waals surface area (Å²) < 4.78 is 1.72. The van der Waals surface area contributed by atoms with Crippen molar-refractivity contribution in [2.75, 3.05) is 0 Å². The molecule has 3 heteroatoms. The van der Waals surface area contributed by atoms with Gasteiger partial charge in [-0.05, 0) is 34.6 Å². The molecule has 1 rings (SSSR count). The highest BCUT2D eigenvalue weighted by Crippen LogP contribution is 2.06. The lowest BCUT2D eigenvalue weighted by Crippen LogP contribution is -2.28. The third kappa shape index (κ3) is 1.64. The van der Waals surface area contributed by atoms with Crippen LogP contribution in [-0.2, 0) is 0 Å². The second-order valence-corrected chi connectivity index (χ2v) is 3.64. The summed E-state index contributed by atoms with van der Waals surface area (Å²) in [5, 5.41) is 0. The maximum absolute atomic E-state index is 11.8. The van der Waals surface area contributed by atoms with Crippen molar-refractivity contribution in [3.63, 3.8) is 0 Å². The van der Waals surface area contributed by atoms with Crippen LogP contribution in [0.2, 0.25) is 0 Å². The highest BCUT2D eigenvalue weighted by atomic mass is 16.1. The van der Waals surface area contributed by atoms with Gasteiger partial charge in [-0.15, -0.1) is 0 Å². The van der Waals surface area contributed by atoms with E-state index in [4.69, 9.17) is 0 Å². The number of aryl methyl sites for hydroxylation is 2. The van der Waals surface area contributed by atoms with Gasteiger partial charge in [-0.25, -0.2) is 4.98 Å². The second-order valence-electron chi connectivity index (χ2n) is 3.64. The van der Waals surface area contributed by atoms with Crippen LogP contribution in [0.15, 0.2) is 4.79 Å². The van der Waals surface area contributed by atoms with Crippen molar-refractivity contribution in [2.45, 2.75) is 40.7 Å². The molecule has 72 valence electrons. The van der Waals surface area contributed by atoms with Gasteiger partial charge in [-0.3, -0.25) is 9.36 Å². The normalized spacial score (nSPS) is 10.9. The Hall–Kier alpha value is -1.12. The molecule has 0 N–H and O–H groups in total. The van der Waals surface area contributed by atoms with E-state index in [1.165, 1.54) is 0 Å². The maximum atomic E-state index is 11.8. The highest BCUT2D eigenvalue weighted by molar-refractivity contribution is 5.15. The zero-order valence-electron chi connectivity index (χ0n) is 8.88. The van der Waals surface area contributed by atoms with E-state index in [9.17, 15) is 4.79 Å². The molecule has 13 heavy (non-hydrogen) atoms. The van der Waals surface area contributed by atoms with E-state index < -0.39 is 0 Å². The Balaban J connectivity index is 3.54. The summed E-state index contributed by atoms with van der Waals surface area (Å²) in [5.74, 6) is 0.795. The van der Waals surface area contributed by atoms with Gasteiger partial charge in [-0.1, -0.05) is 0 Å². The summed E-state index contributed by atoms with van der Waals surface area (Å²) in [6.45, 7) is 9.54. The Bertz CT molecular complexity index is 377. The molecule has 0 atom stereocenters. The Kier molecular flexibility index (Phi) is 2.55. The van der Waals surface area contributed by atoms with E-state index in [0.717, 1.165) is 17.1 Å². The molecule has 0 amide bonds. The molecule has 1 aromatic rings. The lowest BCUT2D eigenvalue weighted by Gasteiger charge is -2.14. The average molecular weight is 180 g/mol. The molecular weight excluding hydrogens is 164 g/mol. The molecule has 0 bridgehead atoms. The molecule has 0 radical (unpaired) electrons. The average Bonchev–Trinajstić information content (AvgIpc) is 1.99. The lowest BCUT2D eigenvalue weighted by atomic mass is 10.2. The smallest absolute Gasteiger partial charge is 0.256 e. The van der Waals surface area contributed by atoms with E-state index >= 15 is 0 Å². The third-order valence-electron chi connectivity index (χ3n) is 2.28. The van der Waals surface area contributed by atoms with E-state index in [1.54, 1.807) is 4.57 Å². The van der Waals surface area contributed by atoms with Crippen molar-refractivity contribution in [2.24, 2.45) is 0 Å². The predicted molar refractivity (Wildman–Crippen MR) is 53.1 cm³/mol. The summed E-state index contributed by atoms with van der Waals surface area (Å²) in [4.78, 5) is 16.1. The number of hydrogen-bond donors (Lipinski definition) is 0. The van der Waals surface area contributed by atoms with Gasteiger partial charge in [0.05, 0.1) is 0 Å². The van der Waals surface area contributed by atoms with Crippen LogP contribution in [0.25, 0.3) is 0 Å². The minimum absolute atomic E-state index is 0.0833. The molecule has 0 aliphatic rings. The second kappa shape index (κ2) is 3.32. The number of aromatic nitrogens is 2. The Labute approximate surface area is 78.4 Å². The van der Waals surface area contributed by atoms with Gasteiger partial charge < -0.3 is 0 Å².